The molecular formula is C7H15NS2. The zero-order valence-electron chi connectivity index (χ0n) is 6.43. The van der Waals surface area contributed by atoms with Crippen LogP contribution in [0.3, 0.4) is 0 Å². The first-order valence-corrected chi connectivity index (χ1v) is 6.06. The van der Waals surface area contributed by atoms with Crippen LogP contribution in [0, 0.1) is 0 Å². The Morgan fingerprint density at radius 1 is 1.50 bits per heavy atom. The van der Waals surface area contributed by atoms with Crippen LogP contribution in [0.15, 0.2) is 0 Å². The van der Waals surface area contributed by atoms with Gasteiger partial charge in [-0.1, -0.05) is 6.92 Å². The summed E-state index contributed by atoms with van der Waals surface area (Å²) in [6.45, 7) is 3.39. The van der Waals surface area contributed by atoms with Gasteiger partial charge in [0.05, 0.1) is 5.37 Å². The maximum absolute atomic E-state index is 3.51. The SMILES string of the molecule is CCCNC1CSCCS1. The number of nitrogens with one attached hydrogen (secondary N) is 1. The lowest BCUT2D eigenvalue weighted by atomic mass is 10.5. The Labute approximate surface area is 71.7 Å². The van der Waals surface area contributed by atoms with E-state index in [9.17, 15) is 0 Å². The molecule has 1 saturated heterocycles. The molecule has 1 unspecified atom stereocenters. The van der Waals surface area contributed by atoms with Gasteiger partial charge in [0, 0.05) is 17.3 Å². The Balaban J connectivity index is 2.02. The average Bonchev–Trinajstić information content (AvgIpc) is 2.03. The second-order valence-electron chi connectivity index (χ2n) is 2.39. The minimum Gasteiger partial charge on any atom is -0.305 e. The smallest absolute Gasteiger partial charge is 0.0624 e. The van der Waals surface area contributed by atoms with Crippen molar-refractivity contribution in [3.05, 3.63) is 0 Å². The Kier molecular flexibility index (Phi) is 4.66. The molecule has 1 N–H and O–H groups in total. The molecule has 0 aliphatic carbocycles. The predicted octanol–water partition coefficient (Wildman–Crippen LogP) is 1.79. The van der Waals surface area contributed by atoms with Gasteiger partial charge in [0.2, 0.25) is 0 Å². The highest BCUT2D eigenvalue weighted by Crippen LogP contribution is 2.21. The normalized spacial score (nSPS) is 26.7. The molecule has 0 bridgehead atoms. The van der Waals surface area contributed by atoms with Crippen LogP contribution in [0.4, 0.5) is 0 Å². The molecule has 1 heterocycles. The zero-order chi connectivity index (χ0) is 7.23. The van der Waals surface area contributed by atoms with Crippen LogP contribution < -0.4 is 5.32 Å². The average molecular weight is 177 g/mol. The fourth-order valence-electron chi connectivity index (χ4n) is 0.911. The van der Waals surface area contributed by atoms with Gasteiger partial charge >= 0.3 is 0 Å². The van der Waals surface area contributed by atoms with Gasteiger partial charge in [-0.15, -0.1) is 11.8 Å². The summed E-state index contributed by atoms with van der Waals surface area (Å²) in [4.78, 5) is 0. The molecule has 1 fully saturated rings. The summed E-state index contributed by atoms with van der Waals surface area (Å²) in [7, 11) is 0. The lowest BCUT2D eigenvalue weighted by Gasteiger charge is -2.21. The molecule has 0 radical (unpaired) electrons. The van der Waals surface area contributed by atoms with Gasteiger partial charge in [-0.05, 0) is 13.0 Å². The van der Waals surface area contributed by atoms with E-state index >= 15 is 0 Å². The van der Waals surface area contributed by atoms with Gasteiger partial charge in [-0.3, -0.25) is 0 Å². The molecule has 3 heteroatoms. The molecule has 1 atom stereocenters. The summed E-state index contributed by atoms with van der Waals surface area (Å²) in [5.74, 6) is 3.96. The summed E-state index contributed by atoms with van der Waals surface area (Å²) in [5.41, 5.74) is 0. The Morgan fingerprint density at radius 2 is 2.40 bits per heavy atom. The Bertz CT molecular complexity index is 81.7. The second-order valence-corrected chi connectivity index (χ2v) is 4.85. The van der Waals surface area contributed by atoms with E-state index in [1.807, 2.05) is 0 Å². The summed E-state index contributed by atoms with van der Waals surface area (Å²) >= 11 is 4.14. The topological polar surface area (TPSA) is 12.0 Å². The van der Waals surface area contributed by atoms with Gasteiger partial charge < -0.3 is 5.32 Å². The molecule has 1 rings (SSSR count). The molecule has 0 aromatic carbocycles. The first-order valence-electron chi connectivity index (χ1n) is 3.86. The van der Waals surface area contributed by atoms with E-state index in [-0.39, 0.29) is 0 Å². The van der Waals surface area contributed by atoms with Crippen LogP contribution in [0.5, 0.6) is 0 Å². The van der Waals surface area contributed by atoms with Crippen molar-refractivity contribution in [2.75, 3.05) is 23.8 Å². The van der Waals surface area contributed by atoms with Crippen molar-refractivity contribution in [1.82, 2.24) is 5.32 Å². The van der Waals surface area contributed by atoms with E-state index in [1.54, 1.807) is 0 Å². The van der Waals surface area contributed by atoms with Crippen molar-refractivity contribution >= 4 is 23.5 Å². The molecule has 1 aliphatic rings. The Hall–Kier alpha value is 0.660. The van der Waals surface area contributed by atoms with Crippen molar-refractivity contribution in [3.63, 3.8) is 0 Å². The molecule has 1 aliphatic heterocycles. The number of hydrogen-bond donors (Lipinski definition) is 1. The van der Waals surface area contributed by atoms with Gasteiger partial charge in [0.25, 0.3) is 0 Å². The minimum absolute atomic E-state index is 0.735. The van der Waals surface area contributed by atoms with Crippen LogP contribution >= 0.6 is 23.5 Å². The van der Waals surface area contributed by atoms with E-state index in [0.29, 0.717) is 0 Å². The molecule has 0 amide bonds. The van der Waals surface area contributed by atoms with Crippen LogP contribution in [0.1, 0.15) is 13.3 Å². The van der Waals surface area contributed by atoms with E-state index < -0.39 is 0 Å². The van der Waals surface area contributed by atoms with Gasteiger partial charge in [0.15, 0.2) is 0 Å². The fourth-order valence-corrected chi connectivity index (χ4v) is 3.46. The third kappa shape index (κ3) is 3.17. The van der Waals surface area contributed by atoms with E-state index in [0.717, 1.165) is 5.37 Å². The van der Waals surface area contributed by atoms with Gasteiger partial charge in [-0.2, -0.15) is 11.8 Å². The maximum Gasteiger partial charge on any atom is 0.0624 e. The van der Waals surface area contributed by atoms with Crippen LogP contribution in [0.2, 0.25) is 0 Å². The summed E-state index contributed by atoms with van der Waals surface area (Å²) in [6, 6.07) is 0. The molecule has 1 nitrogen and oxygen atoms in total. The monoisotopic (exact) mass is 177 g/mol. The first kappa shape index (κ1) is 8.75. The van der Waals surface area contributed by atoms with Gasteiger partial charge in [-0.25, -0.2) is 0 Å². The van der Waals surface area contributed by atoms with Crippen molar-refractivity contribution < 1.29 is 0 Å². The molecule has 0 spiro atoms. The summed E-state index contributed by atoms with van der Waals surface area (Å²) in [5, 5.41) is 4.25. The highest BCUT2D eigenvalue weighted by atomic mass is 32.2. The quantitative estimate of drug-likeness (QED) is 0.706. The van der Waals surface area contributed by atoms with Crippen LogP contribution in [-0.2, 0) is 0 Å². The molecule has 10 heavy (non-hydrogen) atoms. The van der Waals surface area contributed by atoms with Crippen molar-refractivity contribution in [2.45, 2.75) is 18.7 Å². The van der Waals surface area contributed by atoms with Crippen molar-refractivity contribution in [2.24, 2.45) is 0 Å². The standard InChI is InChI=1S/C7H15NS2/c1-2-3-8-7-6-9-4-5-10-7/h7-8H,2-6H2,1H3. The molecular weight excluding hydrogens is 162 g/mol. The summed E-state index contributed by atoms with van der Waals surface area (Å²) < 4.78 is 0. The van der Waals surface area contributed by atoms with Gasteiger partial charge in [0.1, 0.15) is 0 Å². The predicted molar refractivity (Wildman–Crippen MR) is 51.9 cm³/mol. The molecule has 0 aromatic rings. The highest BCUT2D eigenvalue weighted by molar-refractivity contribution is 8.06. The highest BCUT2D eigenvalue weighted by Gasteiger charge is 2.11. The minimum atomic E-state index is 0.735. The fraction of sp³-hybridized carbons (Fsp3) is 1.00. The molecule has 0 saturated carbocycles. The zero-order valence-corrected chi connectivity index (χ0v) is 8.06. The van der Waals surface area contributed by atoms with Crippen LogP contribution in [0.25, 0.3) is 0 Å². The lowest BCUT2D eigenvalue weighted by molar-refractivity contribution is 0.674. The van der Waals surface area contributed by atoms with E-state index in [2.05, 4.69) is 35.8 Å². The Morgan fingerprint density at radius 3 is 3.00 bits per heavy atom. The summed E-state index contributed by atoms with van der Waals surface area (Å²) in [6.07, 6.45) is 1.25. The number of thioether (sulfide) groups is 2. The first-order chi connectivity index (χ1) is 4.93. The molecule has 0 aromatic heterocycles. The van der Waals surface area contributed by atoms with E-state index in [1.165, 1.54) is 30.2 Å². The van der Waals surface area contributed by atoms with E-state index in [4.69, 9.17) is 0 Å². The van der Waals surface area contributed by atoms with Crippen molar-refractivity contribution in [3.8, 4) is 0 Å². The number of hydrogen-bond acceptors (Lipinski definition) is 3. The maximum atomic E-state index is 3.51. The molecule has 60 valence electrons. The lowest BCUT2D eigenvalue weighted by Crippen LogP contribution is -2.31. The largest absolute Gasteiger partial charge is 0.305 e. The second kappa shape index (κ2) is 5.33. The third-order valence-electron chi connectivity index (χ3n) is 1.44. The number of rotatable bonds is 3. The van der Waals surface area contributed by atoms with Crippen molar-refractivity contribution in [1.29, 1.82) is 0 Å². The third-order valence-corrected chi connectivity index (χ3v) is 4.14. The van der Waals surface area contributed by atoms with Crippen LogP contribution in [-0.4, -0.2) is 29.2 Å².